The quantitative estimate of drug-likeness (QED) is 0.757. The molecule has 0 aromatic heterocycles. The lowest BCUT2D eigenvalue weighted by molar-refractivity contribution is -0.159. The Morgan fingerprint density at radius 3 is 2.38 bits per heavy atom. The minimum absolute atomic E-state index is 0.0941. The number of methoxy groups -OCH3 is 1. The molecular formula is C18H25NO6S. The molecule has 1 aliphatic carbocycles. The SMILES string of the molecule is COC(=O)c1cccc(S(=O)(=O)NC(C(=O)OC(C)(C)C)C2CCC2)c1. The van der Waals surface area contributed by atoms with E-state index >= 15 is 0 Å². The molecular weight excluding hydrogens is 358 g/mol. The van der Waals surface area contributed by atoms with E-state index in [1.807, 2.05) is 0 Å². The van der Waals surface area contributed by atoms with E-state index in [1.165, 1.54) is 31.4 Å². The van der Waals surface area contributed by atoms with Crippen molar-refractivity contribution in [1.29, 1.82) is 0 Å². The molecule has 0 bridgehead atoms. The van der Waals surface area contributed by atoms with Gasteiger partial charge in [0.05, 0.1) is 17.6 Å². The molecule has 26 heavy (non-hydrogen) atoms. The molecule has 1 unspecified atom stereocenters. The molecule has 1 aromatic rings. The fraction of sp³-hybridized carbons (Fsp3) is 0.556. The Labute approximate surface area is 154 Å². The van der Waals surface area contributed by atoms with Crippen LogP contribution in [-0.2, 0) is 24.3 Å². The number of sulfonamides is 1. The molecule has 0 amide bonds. The molecule has 1 fully saturated rings. The highest BCUT2D eigenvalue weighted by atomic mass is 32.2. The van der Waals surface area contributed by atoms with Gasteiger partial charge in [-0.1, -0.05) is 12.5 Å². The van der Waals surface area contributed by atoms with Gasteiger partial charge in [-0.3, -0.25) is 4.79 Å². The van der Waals surface area contributed by atoms with Gasteiger partial charge in [-0.15, -0.1) is 0 Å². The first-order valence-electron chi connectivity index (χ1n) is 8.47. The summed E-state index contributed by atoms with van der Waals surface area (Å²) in [6.45, 7) is 5.20. The van der Waals surface area contributed by atoms with E-state index in [0.717, 1.165) is 19.3 Å². The van der Waals surface area contributed by atoms with Crippen molar-refractivity contribution in [1.82, 2.24) is 4.72 Å². The molecule has 1 aliphatic rings. The van der Waals surface area contributed by atoms with Crippen LogP contribution in [0.15, 0.2) is 29.2 Å². The smallest absolute Gasteiger partial charge is 0.337 e. The van der Waals surface area contributed by atoms with Crippen LogP contribution in [-0.4, -0.2) is 39.1 Å². The summed E-state index contributed by atoms with van der Waals surface area (Å²) < 4.78 is 38.0. The standard InChI is InChI=1S/C18H25NO6S/c1-18(2,3)25-17(21)15(12-7-5-8-12)19-26(22,23)14-10-6-9-13(11-14)16(20)24-4/h6,9-12,15,19H,5,7-8H2,1-4H3. The number of rotatable bonds is 6. The Hall–Kier alpha value is -1.93. The summed E-state index contributed by atoms with van der Waals surface area (Å²) in [6.07, 6.45) is 2.47. The maximum atomic E-state index is 12.7. The van der Waals surface area contributed by atoms with Gasteiger partial charge in [-0.25, -0.2) is 13.2 Å². The Morgan fingerprint density at radius 2 is 1.88 bits per heavy atom. The maximum Gasteiger partial charge on any atom is 0.337 e. The fourth-order valence-electron chi connectivity index (χ4n) is 2.62. The molecule has 0 aliphatic heterocycles. The molecule has 0 radical (unpaired) electrons. The van der Waals surface area contributed by atoms with Crippen LogP contribution in [0.5, 0.6) is 0 Å². The van der Waals surface area contributed by atoms with Crippen LogP contribution >= 0.6 is 0 Å². The monoisotopic (exact) mass is 383 g/mol. The third-order valence-corrected chi connectivity index (χ3v) is 5.57. The molecule has 1 N–H and O–H groups in total. The molecule has 0 saturated heterocycles. The number of carbonyl (C=O) groups is 2. The number of ether oxygens (including phenoxy) is 2. The van der Waals surface area contributed by atoms with Crippen LogP contribution in [0.2, 0.25) is 0 Å². The van der Waals surface area contributed by atoms with Crippen molar-refractivity contribution in [2.24, 2.45) is 5.92 Å². The predicted octanol–water partition coefficient (Wildman–Crippen LogP) is 2.26. The second-order valence-corrected chi connectivity index (χ2v) is 9.06. The largest absolute Gasteiger partial charge is 0.465 e. The van der Waals surface area contributed by atoms with Crippen LogP contribution in [0.25, 0.3) is 0 Å². The van der Waals surface area contributed by atoms with Gasteiger partial charge < -0.3 is 9.47 Å². The van der Waals surface area contributed by atoms with E-state index in [9.17, 15) is 18.0 Å². The summed E-state index contributed by atoms with van der Waals surface area (Å²) in [5.41, 5.74) is -0.595. The first-order chi connectivity index (χ1) is 12.0. The van der Waals surface area contributed by atoms with Crippen molar-refractivity contribution in [2.75, 3.05) is 7.11 Å². The lowest BCUT2D eigenvalue weighted by Gasteiger charge is -2.34. The lowest BCUT2D eigenvalue weighted by atomic mass is 9.80. The van der Waals surface area contributed by atoms with E-state index in [0.29, 0.717) is 0 Å². The van der Waals surface area contributed by atoms with Gasteiger partial charge in [0.1, 0.15) is 11.6 Å². The third-order valence-electron chi connectivity index (χ3n) is 4.13. The highest BCUT2D eigenvalue weighted by molar-refractivity contribution is 7.89. The number of nitrogens with one attached hydrogen (secondary N) is 1. The summed E-state index contributed by atoms with van der Waals surface area (Å²) in [6, 6.07) is 4.55. The number of hydrogen-bond acceptors (Lipinski definition) is 6. The predicted molar refractivity (Wildman–Crippen MR) is 95.1 cm³/mol. The first kappa shape index (κ1) is 20.4. The Morgan fingerprint density at radius 1 is 1.23 bits per heavy atom. The normalized spacial score (nSPS) is 16.5. The van der Waals surface area contributed by atoms with E-state index in [2.05, 4.69) is 9.46 Å². The third kappa shape index (κ3) is 5.04. The van der Waals surface area contributed by atoms with Gasteiger partial charge in [0.2, 0.25) is 10.0 Å². The van der Waals surface area contributed by atoms with Gasteiger partial charge in [0, 0.05) is 0 Å². The molecule has 0 spiro atoms. The van der Waals surface area contributed by atoms with Crippen molar-refractivity contribution in [2.45, 2.75) is 56.6 Å². The molecule has 1 aromatic carbocycles. The van der Waals surface area contributed by atoms with Crippen LogP contribution in [0.1, 0.15) is 50.4 Å². The van der Waals surface area contributed by atoms with Crippen molar-refractivity contribution < 1.29 is 27.5 Å². The van der Waals surface area contributed by atoms with Crippen LogP contribution in [0.3, 0.4) is 0 Å². The summed E-state index contributed by atoms with van der Waals surface area (Å²) in [4.78, 5) is 24.0. The first-order valence-corrected chi connectivity index (χ1v) is 9.95. The molecule has 2 rings (SSSR count). The topological polar surface area (TPSA) is 98.8 Å². The number of carbonyl (C=O) groups excluding carboxylic acids is 2. The van der Waals surface area contributed by atoms with Crippen LogP contribution < -0.4 is 4.72 Å². The highest BCUT2D eigenvalue weighted by Crippen LogP contribution is 2.31. The van der Waals surface area contributed by atoms with Gasteiger partial charge in [-0.05, 0) is 57.7 Å². The average molecular weight is 383 g/mol. The fourth-order valence-corrected chi connectivity index (χ4v) is 3.92. The number of hydrogen-bond donors (Lipinski definition) is 1. The van der Waals surface area contributed by atoms with Gasteiger partial charge in [0.15, 0.2) is 0 Å². The lowest BCUT2D eigenvalue weighted by Crippen LogP contribution is -2.50. The summed E-state index contributed by atoms with van der Waals surface area (Å²) >= 11 is 0. The zero-order valence-corrected chi connectivity index (χ0v) is 16.3. The van der Waals surface area contributed by atoms with Gasteiger partial charge in [-0.2, -0.15) is 4.72 Å². The molecule has 7 nitrogen and oxygen atoms in total. The van der Waals surface area contributed by atoms with Gasteiger partial charge >= 0.3 is 11.9 Å². The van der Waals surface area contributed by atoms with Crippen molar-refractivity contribution >= 4 is 22.0 Å². The molecule has 8 heteroatoms. The molecule has 0 heterocycles. The molecule has 1 atom stereocenters. The van der Waals surface area contributed by atoms with Crippen molar-refractivity contribution in [3.05, 3.63) is 29.8 Å². The zero-order chi connectivity index (χ0) is 19.5. The van der Waals surface area contributed by atoms with E-state index in [1.54, 1.807) is 20.8 Å². The minimum Gasteiger partial charge on any atom is -0.465 e. The van der Waals surface area contributed by atoms with Crippen LogP contribution in [0, 0.1) is 5.92 Å². The zero-order valence-electron chi connectivity index (χ0n) is 15.4. The second kappa shape index (κ2) is 7.75. The maximum absolute atomic E-state index is 12.7. The Balaban J connectivity index is 2.26. The highest BCUT2D eigenvalue weighted by Gasteiger charge is 2.38. The van der Waals surface area contributed by atoms with Crippen molar-refractivity contribution in [3.8, 4) is 0 Å². The average Bonchev–Trinajstić information content (AvgIpc) is 2.50. The van der Waals surface area contributed by atoms with E-state index in [-0.39, 0.29) is 16.4 Å². The Bertz CT molecular complexity index is 777. The van der Waals surface area contributed by atoms with Crippen LogP contribution in [0.4, 0.5) is 0 Å². The van der Waals surface area contributed by atoms with E-state index < -0.39 is 33.6 Å². The summed E-state index contributed by atoms with van der Waals surface area (Å²) in [5, 5.41) is 0. The van der Waals surface area contributed by atoms with Crippen molar-refractivity contribution in [3.63, 3.8) is 0 Å². The molecule has 144 valence electrons. The number of esters is 2. The summed E-state index contributed by atoms with van der Waals surface area (Å²) in [7, 11) is -2.79. The number of benzene rings is 1. The second-order valence-electron chi connectivity index (χ2n) is 7.34. The van der Waals surface area contributed by atoms with Gasteiger partial charge in [0.25, 0.3) is 0 Å². The molecule has 1 saturated carbocycles. The van der Waals surface area contributed by atoms with E-state index in [4.69, 9.17) is 4.74 Å². The minimum atomic E-state index is -4.00. The Kier molecular flexibility index (Phi) is 6.08. The summed E-state index contributed by atoms with van der Waals surface area (Å²) in [5.74, 6) is -1.32.